The first-order valence-corrected chi connectivity index (χ1v) is 12.1. The second kappa shape index (κ2) is 10.1. The number of anilines is 1. The number of hydrogen-bond acceptors (Lipinski definition) is 6. The van der Waals surface area contributed by atoms with Crippen LogP contribution in [0.1, 0.15) is 35.3 Å². The topological polar surface area (TPSA) is 85.7 Å². The van der Waals surface area contributed by atoms with Gasteiger partial charge in [0.1, 0.15) is 0 Å². The molecule has 8 nitrogen and oxygen atoms in total. The fraction of sp³-hybridized carbons (Fsp3) is 0.250. The van der Waals surface area contributed by atoms with Crippen molar-refractivity contribution in [2.45, 2.75) is 26.9 Å². The van der Waals surface area contributed by atoms with Crippen LogP contribution in [0.2, 0.25) is 0 Å². The predicted octanol–water partition coefficient (Wildman–Crippen LogP) is 3.95. The number of fused-ring (bicyclic) bond motifs is 2. The van der Waals surface area contributed by atoms with Gasteiger partial charge in [-0.3, -0.25) is 14.2 Å². The van der Waals surface area contributed by atoms with Crippen molar-refractivity contribution in [3.8, 4) is 11.5 Å². The van der Waals surface area contributed by atoms with Crippen molar-refractivity contribution in [1.82, 2.24) is 14.9 Å². The smallest absolute Gasteiger partial charge is 0.263 e. The quantitative estimate of drug-likeness (QED) is 0.408. The summed E-state index contributed by atoms with van der Waals surface area (Å²) >= 11 is 0. The molecule has 1 aromatic heterocycles. The Morgan fingerprint density at radius 1 is 0.972 bits per heavy atom. The van der Waals surface area contributed by atoms with Gasteiger partial charge in [0.2, 0.25) is 12.7 Å². The highest BCUT2D eigenvalue weighted by molar-refractivity contribution is 5.97. The van der Waals surface area contributed by atoms with Crippen molar-refractivity contribution < 1.29 is 14.3 Å². The molecule has 0 radical (unpaired) electrons. The number of nitrogens with zero attached hydrogens (tertiary/aromatic N) is 3. The summed E-state index contributed by atoms with van der Waals surface area (Å²) in [6, 6.07) is 20.5. The van der Waals surface area contributed by atoms with Crippen LogP contribution < -0.4 is 25.2 Å². The molecule has 4 aromatic rings. The van der Waals surface area contributed by atoms with Gasteiger partial charge in [-0.25, -0.2) is 4.98 Å². The molecule has 0 aliphatic carbocycles. The predicted molar refractivity (Wildman–Crippen MR) is 139 cm³/mol. The number of carbonyl (C=O) groups is 1. The van der Waals surface area contributed by atoms with E-state index in [2.05, 4.69) is 10.2 Å². The molecule has 8 heteroatoms. The average molecular weight is 485 g/mol. The van der Waals surface area contributed by atoms with Crippen molar-refractivity contribution in [1.29, 1.82) is 0 Å². The lowest BCUT2D eigenvalue weighted by molar-refractivity contribution is 0.0951. The molecule has 5 rings (SSSR count). The SMILES string of the molecule is CCN(CC)c1nc2cc(C(=O)NCc3ccc4c(c3)OCO4)ccc2c(=O)n1Cc1ccccc1. The molecule has 1 aliphatic rings. The summed E-state index contributed by atoms with van der Waals surface area (Å²) < 4.78 is 12.5. The van der Waals surface area contributed by atoms with Crippen molar-refractivity contribution in [2.75, 3.05) is 24.8 Å². The summed E-state index contributed by atoms with van der Waals surface area (Å²) in [6.07, 6.45) is 0. The van der Waals surface area contributed by atoms with E-state index in [9.17, 15) is 9.59 Å². The third kappa shape index (κ3) is 4.62. The summed E-state index contributed by atoms with van der Waals surface area (Å²) in [5.74, 6) is 1.73. The molecule has 0 saturated carbocycles. The van der Waals surface area contributed by atoms with Gasteiger partial charge in [-0.15, -0.1) is 0 Å². The van der Waals surface area contributed by atoms with Crippen LogP contribution in [0.4, 0.5) is 5.95 Å². The maximum atomic E-state index is 13.5. The molecule has 3 aromatic carbocycles. The number of benzene rings is 3. The first-order chi connectivity index (χ1) is 17.6. The number of rotatable bonds is 8. The maximum absolute atomic E-state index is 13.5. The molecule has 1 amide bonds. The minimum atomic E-state index is -0.241. The van der Waals surface area contributed by atoms with Crippen LogP contribution in [0.15, 0.2) is 71.5 Å². The van der Waals surface area contributed by atoms with E-state index >= 15 is 0 Å². The van der Waals surface area contributed by atoms with E-state index in [1.165, 1.54) is 0 Å². The van der Waals surface area contributed by atoms with Crippen molar-refractivity contribution >= 4 is 22.8 Å². The second-order valence-corrected chi connectivity index (χ2v) is 8.56. The number of carbonyl (C=O) groups excluding carboxylic acids is 1. The van der Waals surface area contributed by atoms with E-state index in [0.29, 0.717) is 60.1 Å². The Kier molecular flexibility index (Phi) is 6.58. The Balaban J connectivity index is 1.45. The van der Waals surface area contributed by atoms with Crippen LogP contribution in [0.25, 0.3) is 10.9 Å². The fourth-order valence-electron chi connectivity index (χ4n) is 4.34. The molecule has 0 unspecified atom stereocenters. The highest BCUT2D eigenvalue weighted by atomic mass is 16.7. The number of amides is 1. The lowest BCUT2D eigenvalue weighted by atomic mass is 10.1. The van der Waals surface area contributed by atoms with Gasteiger partial charge in [-0.1, -0.05) is 36.4 Å². The summed E-state index contributed by atoms with van der Waals surface area (Å²) in [4.78, 5) is 33.4. The monoisotopic (exact) mass is 484 g/mol. The minimum absolute atomic E-state index is 0.127. The normalized spacial score (nSPS) is 12.1. The van der Waals surface area contributed by atoms with E-state index in [1.54, 1.807) is 22.8 Å². The Labute approximate surface area is 209 Å². The maximum Gasteiger partial charge on any atom is 0.263 e. The average Bonchev–Trinajstić information content (AvgIpc) is 3.38. The first kappa shape index (κ1) is 23.4. The Hall–Kier alpha value is -4.33. The number of nitrogens with one attached hydrogen (secondary N) is 1. The molecular formula is C28H28N4O4. The molecule has 0 saturated heterocycles. The van der Waals surface area contributed by atoms with Crippen LogP contribution >= 0.6 is 0 Å². The van der Waals surface area contributed by atoms with Crippen LogP contribution in [-0.2, 0) is 13.1 Å². The van der Waals surface area contributed by atoms with Crippen molar-refractivity contribution in [3.63, 3.8) is 0 Å². The second-order valence-electron chi connectivity index (χ2n) is 8.56. The van der Waals surface area contributed by atoms with Crippen LogP contribution in [-0.4, -0.2) is 35.3 Å². The van der Waals surface area contributed by atoms with Crippen LogP contribution in [0.5, 0.6) is 11.5 Å². The van der Waals surface area contributed by atoms with E-state index in [1.807, 2.05) is 62.4 Å². The van der Waals surface area contributed by atoms with Gasteiger partial charge in [0.25, 0.3) is 11.5 Å². The lowest BCUT2D eigenvalue weighted by Crippen LogP contribution is -2.33. The van der Waals surface area contributed by atoms with E-state index in [0.717, 1.165) is 11.1 Å². The highest BCUT2D eigenvalue weighted by Crippen LogP contribution is 2.32. The minimum Gasteiger partial charge on any atom is -0.454 e. The molecule has 0 fully saturated rings. The molecule has 184 valence electrons. The molecule has 0 atom stereocenters. The van der Waals surface area contributed by atoms with Gasteiger partial charge < -0.3 is 19.7 Å². The summed E-state index contributed by atoms with van der Waals surface area (Å²) in [6.45, 7) is 6.45. The summed E-state index contributed by atoms with van der Waals surface area (Å²) in [5.41, 5.74) is 2.74. The summed E-state index contributed by atoms with van der Waals surface area (Å²) in [5, 5.41) is 3.41. The standard InChI is InChI=1S/C28H28N4O4/c1-3-31(4-2)28-30-23-15-21(26(33)29-16-20-10-13-24-25(14-20)36-18-35-24)11-12-22(23)27(34)32(28)17-19-8-6-5-7-9-19/h5-15H,3-4,16-18H2,1-2H3,(H,29,33). The molecule has 1 aliphatic heterocycles. The highest BCUT2D eigenvalue weighted by Gasteiger charge is 2.18. The van der Waals surface area contributed by atoms with Gasteiger partial charge in [-0.05, 0) is 55.3 Å². The van der Waals surface area contributed by atoms with Gasteiger partial charge in [-0.2, -0.15) is 0 Å². The van der Waals surface area contributed by atoms with Crippen LogP contribution in [0.3, 0.4) is 0 Å². The van der Waals surface area contributed by atoms with Gasteiger partial charge in [0.15, 0.2) is 11.5 Å². The molecule has 1 N–H and O–H groups in total. The molecule has 36 heavy (non-hydrogen) atoms. The molecular weight excluding hydrogens is 456 g/mol. The van der Waals surface area contributed by atoms with Crippen molar-refractivity contribution in [3.05, 3.63) is 93.8 Å². The lowest BCUT2D eigenvalue weighted by Gasteiger charge is -2.24. The number of hydrogen-bond donors (Lipinski definition) is 1. The zero-order valence-electron chi connectivity index (χ0n) is 20.4. The van der Waals surface area contributed by atoms with E-state index in [4.69, 9.17) is 14.5 Å². The largest absolute Gasteiger partial charge is 0.454 e. The Bertz CT molecular complexity index is 1460. The number of ether oxygens (including phenoxy) is 2. The van der Waals surface area contributed by atoms with Crippen molar-refractivity contribution in [2.24, 2.45) is 0 Å². The fourth-order valence-corrected chi connectivity index (χ4v) is 4.34. The van der Waals surface area contributed by atoms with Gasteiger partial charge in [0.05, 0.1) is 17.4 Å². The third-order valence-corrected chi connectivity index (χ3v) is 6.32. The molecule has 0 bridgehead atoms. The Morgan fingerprint density at radius 3 is 2.53 bits per heavy atom. The van der Waals surface area contributed by atoms with Crippen LogP contribution in [0, 0.1) is 0 Å². The third-order valence-electron chi connectivity index (χ3n) is 6.32. The number of aromatic nitrogens is 2. The van der Waals surface area contributed by atoms with E-state index in [-0.39, 0.29) is 18.3 Å². The zero-order chi connectivity index (χ0) is 25.1. The molecule has 2 heterocycles. The van der Waals surface area contributed by atoms with E-state index < -0.39 is 0 Å². The van der Waals surface area contributed by atoms with Gasteiger partial charge >= 0.3 is 0 Å². The summed E-state index contributed by atoms with van der Waals surface area (Å²) in [7, 11) is 0. The van der Waals surface area contributed by atoms with Gasteiger partial charge in [0, 0.05) is 25.2 Å². The zero-order valence-corrected chi connectivity index (χ0v) is 20.4. The Morgan fingerprint density at radius 2 is 1.75 bits per heavy atom. The molecule has 0 spiro atoms. The first-order valence-electron chi connectivity index (χ1n) is 12.1.